The molecule has 0 aliphatic carbocycles. The number of benzene rings is 2. The van der Waals surface area contributed by atoms with Crippen LogP contribution >= 0.6 is 0 Å². The first-order valence-corrected chi connectivity index (χ1v) is 10.7. The van der Waals surface area contributed by atoms with E-state index in [1.807, 2.05) is 42.5 Å². The summed E-state index contributed by atoms with van der Waals surface area (Å²) in [5, 5.41) is 0. The highest BCUT2D eigenvalue weighted by Crippen LogP contribution is 2.25. The van der Waals surface area contributed by atoms with E-state index in [0.717, 1.165) is 37.3 Å². The van der Waals surface area contributed by atoms with Crippen molar-refractivity contribution in [3.8, 4) is 11.4 Å². The predicted molar refractivity (Wildman–Crippen MR) is 106 cm³/mol. The van der Waals surface area contributed by atoms with Gasteiger partial charge in [0.05, 0.1) is 16.3 Å². The largest absolute Gasteiger partial charge is 0.356 e. The summed E-state index contributed by atoms with van der Waals surface area (Å²) in [6.07, 6.45) is 2.25. The minimum Gasteiger partial charge on any atom is -0.356 e. The molecule has 0 radical (unpaired) electrons. The molecule has 0 bridgehead atoms. The molecule has 0 saturated carbocycles. The van der Waals surface area contributed by atoms with Crippen molar-refractivity contribution in [1.82, 2.24) is 9.97 Å². The minimum absolute atomic E-state index is 0.139. The molecule has 6 heteroatoms. The molecule has 0 N–H and O–H groups in total. The monoisotopic (exact) mass is 379 g/mol. The number of anilines is 1. The summed E-state index contributed by atoms with van der Waals surface area (Å²) in [6.45, 7) is 1.88. The maximum Gasteiger partial charge on any atom is 0.184 e. The molecule has 0 amide bonds. The molecule has 3 aromatic rings. The van der Waals surface area contributed by atoms with Crippen molar-refractivity contribution >= 4 is 15.7 Å². The zero-order valence-corrected chi connectivity index (χ0v) is 15.8. The smallest absolute Gasteiger partial charge is 0.184 e. The Bertz CT molecular complexity index is 1020. The van der Waals surface area contributed by atoms with E-state index in [9.17, 15) is 8.42 Å². The van der Waals surface area contributed by atoms with Crippen LogP contribution in [-0.4, -0.2) is 31.5 Å². The summed E-state index contributed by atoms with van der Waals surface area (Å²) < 4.78 is 25.6. The molecular formula is C21H21N3O2S. The highest BCUT2D eigenvalue weighted by atomic mass is 32.2. The highest BCUT2D eigenvalue weighted by molar-refractivity contribution is 7.90. The lowest BCUT2D eigenvalue weighted by atomic mass is 10.2. The van der Waals surface area contributed by atoms with Crippen molar-refractivity contribution in [1.29, 1.82) is 0 Å². The minimum atomic E-state index is -3.46. The molecule has 1 fully saturated rings. The third-order valence-corrected chi connectivity index (χ3v) is 6.33. The van der Waals surface area contributed by atoms with Gasteiger partial charge in [-0.1, -0.05) is 48.5 Å². The summed E-state index contributed by atoms with van der Waals surface area (Å²) in [4.78, 5) is 11.8. The van der Waals surface area contributed by atoms with E-state index < -0.39 is 9.84 Å². The lowest BCUT2D eigenvalue weighted by Crippen LogP contribution is -2.20. The van der Waals surface area contributed by atoms with Crippen molar-refractivity contribution in [3.05, 3.63) is 72.4 Å². The Kier molecular flexibility index (Phi) is 4.90. The van der Waals surface area contributed by atoms with Gasteiger partial charge in [0.2, 0.25) is 0 Å². The van der Waals surface area contributed by atoms with Crippen LogP contribution in [0.4, 0.5) is 5.82 Å². The Morgan fingerprint density at radius 3 is 2.15 bits per heavy atom. The van der Waals surface area contributed by atoms with Gasteiger partial charge in [-0.05, 0) is 25.0 Å². The van der Waals surface area contributed by atoms with Crippen molar-refractivity contribution in [2.24, 2.45) is 0 Å². The summed E-state index contributed by atoms with van der Waals surface area (Å²) in [5.41, 5.74) is 1.41. The molecule has 0 atom stereocenters. The molecule has 2 heterocycles. The fraction of sp³-hybridized carbons (Fsp3) is 0.238. The Balaban J connectivity index is 1.74. The quantitative estimate of drug-likeness (QED) is 0.676. The van der Waals surface area contributed by atoms with E-state index >= 15 is 0 Å². The van der Waals surface area contributed by atoms with Crippen LogP contribution in [0.1, 0.15) is 18.5 Å². The number of hydrogen-bond acceptors (Lipinski definition) is 5. The van der Waals surface area contributed by atoms with Crippen molar-refractivity contribution < 1.29 is 8.42 Å². The van der Waals surface area contributed by atoms with Gasteiger partial charge < -0.3 is 4.90 Å². The van der Waals surface area contributed by atoms with Gasteiger partial charge in [0.1, 0.15) is 5.82 Å². The van der Waals surface area contributed by atoms with Crippen LogP contribution in [0.15, 0.2) is 71.6 Å². The first-order chi connectivity index (χ1) is 13.1. The summed E-state index contributed by atoms with van der Waals surface area (Å²) in [6, 6.07) is 20.0. The zero-order chi connectivity index (χ0) is 18.7. The van der Waals surface area contributed by atoms with Crippen LogP contribution in [0.2, 0.25) is 0 Å². The number of aromatic nitrogens is 2. The topological polar surface area (TPSA) is 63.2 Å². The Morgan fingerprint density at radius 1 is 0.852 bits per heavy atom. The molecule has 0 spiro atoms. The second-order valence-electron chi connectivity index (χ2n) is 6.67. The Hall–Kier alpha value is -2.73. The van der Waals surface area contributed by atoms with Crippen molar-refractivity contribution in [2.45, 2.75) is 23.5 Å². The third-order valence-electron chi connectivity index (χ3n) is 4.67. The average molecular weight is 379 g/mol. The molecule has 4 rings (SSSR count). The molecule has 1 aliphatic rings. The Labute approximate surface area is 159 Å². The maximum absolute atomic E-state index is 12.8. The summed E-state index contributed by atoms with van der Waals surface area (Å²) in [7, 11) is -3.46. The van der Waals surface area contributed by atoms with Crippen LogP contribution in [0, 0.1) is 0 Å². The van der Waals surface area contributed by atoms with E-state index in [1.54, 1.807) is 24.3 Å². The summed E-state index contributed by atoms with van der Waals surface area (Å²) in [5.74, 6) is 1.23. The Morgan fingerprint density at radius 2 is 1.48 bits per heavy atom. The molecule has 1 saturated heterocycles. The lowest BCUT2D eigenvalue weighted by Gasteiger charge is -2.18. The first kappa shape index (κ1) is 17.7. The van der Waals surface area contributed by atoms with Crippen LogP contribution in [0.25, 0.3) is 11.4 Å². The van der Waals surface area contributed by atoms with E-state index in [-0.39, 0.29) is 5.75 Å². The fourth-order valence-electron chi connectivity index (χ4n) is 3.29. The van der Waals surface area contributed by atoms with Crippen LogP contribution in [0.5, 0.6) is 0 Å². The van der Waals surface area contributed by atoms with Gasteiger partial charge in [0.15, 0.2) is 15.7 Å². The number of sulfone groups is 1. The SMILES string of the molecule is O=S(=O)(Cc1cc(N2CCCC2)nc(-c2ccccc2)n1)c1ccccc1. The molecular weight excluding hydrogens is 358 g/mol. The van der Waals surface area contributed by atoms with Gasteiger partial charge in [-0.25, -0.2) is 18.4 Å². The molecule has 1 aliphatic heterocycles. The van der Waals surface area contributed by atoms with Crippen molar-refractivity contribution in [3.63, 3.8) is 0 Å². The predicted octanol–water partition coefficient (Wildman–Crippen LogP) is 3.72. The highest BCUT2D eigenvalue weighted by Gasteiger charge is 2.20. The van der Waals surface area contributed by atoms with Gasteiger partial charge in [0.25, 0.3) is 0 Å². The second kappa shape index (κ2) is 7.48. The first-order valence-electron chi connectivity index (χ1n) is 9.08. The molecule has 0 unspecified atom stereocenters. The molecule has 2 aromatic carbocycles. The normalized spacial score (nSPS) is 14.4. The van der Waals surface area contributed by atoms with Crippen molar-refractivity contribution in [2.75, 3.05) is 18.0 Å². The lowest BCUT2D eigenvalue weighted by molar-refractivity contribution is 0.594. The average Bonchev–Trinajstić information content (AvgIpc) is 3.24. The maximum atomic E-state index is 12.8. The van der Waals surface area contributed by atoms with E-state index in [0.29, 0.717) is 16.4 Å². The zero-order valence-electron chi connectivity index (χ0n) is 15.0. The van der Waals surface area contributed by atoms with Gasteiger partial charge in [-0.15, -0.1) is 0 Å². The van der Waals surface area contributed by atoms with Gasteiger partial charge >= 0.3 is 0 Å². The summed E-state index contributed by atoms with van der Waals surface area (Å²) >= 11 is 0. The van der Waals surface area contributed by atoms with Crippen LogP contribution in [-0.2, 0) is 15.6 Å². The van der Waals surface area contributed by atoms with Gasteiger partial charge in [0, 0.05) is 24.7 Å². The molecule has 1 aromatic heterocycles. The van der Waals surface area contributed by atoms with E-state index in [1.165, 1.54) is 0 Å². The number of hydrogen-bond donors (Lipinski definition) is 0. The standard InChI is InChI=1S/C21H21N3O2S/c25-27(26,19-11-5-2-6-12-19)16-18-15-20(24-13-7-8-14-24)23-21(22-18)17-9-3-1-4-10-17/h1-6,9-12,15H,7-8,13-14,16H2. The van der Waals surface area contributed by atoms with Gasteiger partial charge in [-0.2, -0.15) is 0 Å². The number of nitrogens with zero attached hydrogens (tertiary/aromatic N) is 3. The molecule has 5 nitrogen and oxygen atoms in total. The van der Waals surface area contributed by atoms with Crippen LogP contribution in [0.3, 0.4) is 0 Å². The van der Waals surface area contributed by atoms with Crippen LogP contribution < -0.4 is 4.90 Å². The third kappa shape index (κ3) is 4.01. The fourth-order valence-corrected chi connectivity index (χ4v) is 4.56. The van der Waals surface area contributed by atoms with E-state index in [4.69, 9.17) is 4.98 Å². The second-order valence-corrected chi connectivity index (χ2v) is 8.66. The molecule has 138 valence electrons. The number of rotatable bonds is 5. The van der Waals surface area contributed by atoms with Gasteiger partial charge in [-0.3, -0.25) is 0 Å². The molecule has 27 heavy (non-hydrogen) atoms. The van der Waals surface area contributed by atoms with E-state index in [2.05, 4.69) is 9.88 Å².